The number of nitrogens with zero attached hydrogens (tertiary/aromatic N) is 1. The molecule has 15 heavy (non-hydrogen) atoms. The molecule has 0 aliphatic heterocycles. The number of halogens is 3. The predicted molar refractivity (Wildman–Crippen MR) is 55.3 cm³/mol. The normalized spacial score (nSPS) is 12.7. The average Bonchev–Trinajstić information content (AvgIpc) is 2.19. The zero-order valence-electron chi connectivity index (χ0n) is 7.84. The SMILES string of the molecule is CN/C(=C\S)c1ccc(C(F)(F)F)nc1. The van der Waals surface area contributed by atoms with Gasteiger partial charge in [-0.1, -0.05) is 0 Å². The summed E-state index contributed by atoms with van der Waals surface area (Å²) in [4.78, 5) is 3.33. The van der Waals surface area contributed by atoms with Crippen LogP contribution < -0.4 is 5.32 Å². The lowest BCUT2D eigenvalue weighted by Crippen LogP contribution is -2.09. The van der Waals surface area contributed by atoms with Gasteiger partial charge in [0.05, 0.1) is 0 Å². The Hall–Kier alpha value is -1.17. The second-order valence-corrected chi connectivity index (χ2v) is 2.98. The summed E-state index contributed by atoms with van der Waals surface area (Å²) in [5.41, 5.74) is 0.265. The van der Waals surface area contributed by atoms with Gasteiger partial charge in [-0.3, -0.25) is 4.98 Å². The summed E-state index contributed by atoms with van der Waals surface area (Å²) in [6.07, 6.45) is -3.25. The van der Waals surface area contributed by atoms with Crippen LogP contribution in [0, 0.1) is 0 Å². The van der Waals surface area contributed by atoms with Crippen molar-refractivity contribution >= 4 is 18.3 Å². The molecule has 0 aliphatic carbocycles. The van der Waals surface area contributed by atoms with Gasteiger partial charge in [-0.2, -0.15) is 13.2 Å². The lowest BCUT2D eigenvalue weighted by atomic mass is 10.2. The number of hydrogen-bond donors (Lipinski definition) is 2. The molecule has 1 aromatic rings. The van der Waals surface area contributed by atoms with Gasteiger partial charge in [0.1, 0.15) is 5.69 Å². The fraction of sp³-hybridized carbons (Fsp3) is 0.222. The lowest BCUT2D eigenvalue weighted by molar-refractivity contribution is -0.141. The van der Waals surface area contributed by atoms with Gasteiger partial charge < -0.3 is 5.32 Å². The van der Waals surface area contributed by atoms with Gasteiger partial charge in [0.25, 0.3) is 0 Å². The smallest absolute Gasteiger partial charge is 0.387 e. The van der Waals surface area contributed by atoms with E-state index >= 15 is 0 Å². The number of rotatable bonds is 2. The molecule has 0 saturated carbocycles. The largest absolute Gasteiger partial charge is 0.433 e. The van der Waals surface area contributed by atoms with E-state index in [2.05, 4.69) is 22.9 Å². The Morgan fingerprint density at radius 2 is 2.13 bits per heavy atom. The summed E-state index contributed by atoms with van der Waals surface area (Å²) >= 11 is 3.92. The van der Waals surface area contributed by atoms with E-state index in [4.69, 9.17) is 0 Å². The standard InChI is InChI=1S/C9H9F3N2S/c1-13-7(5-15)6-2-3-8(14-4-6)9(10,11)12/h2-5,13,15H,1H3/b7-5-. The van der Waals surface area contributed by atoms with Crippen molar-refractivity contribution < 1.29 is 13.2 Å². The molecule has 0 unspecified atom stereocenters. The van der Waals surface area contributed by atoms with Crippen LogP contribution in [0.1, 0.15) is 11.3 Å². The first-order valence-corrected chi connectivity index (χ1v) is 4.56. The molecular formula is C9H9F3N2S. The van der Waals surface area contributed by atoms with E-state index in [1.165, 1.54) is 11.5 Å². The second kappa shape index (κ2) is 4.57. The van der Waals surface area contributed by atoms with Crippen LogP contribution in [0.15, 0.2) is 23.7 Å². The van der Waals surface area contributed by atoms with Crippen LogP contribution in [-0.2, 0) is 6.18 Å². The maximum Gasteiger partial charge on any atom is 0.433 e. The van der Waals surface area contributed by atoms with Crippen LogP contribution in [0.25, 0.3) is 5.70 Å². The van der Waals surface area contributed by atoms with Crippen molar-refractivity contribution in [2.75, 3.05) is 7.05 Å². The van der Waals surface area contributed by atoms with Crippen molar-refractivity contribution in [2.45, 2.75) is 6.18 Å². The molecule has 2 nitrogen and oxygen atoms in total. The van der Waals surface area contributed by atoms with E-state index in [0.29, 0.717) is 11.3 Å². The van der Waals surface area contributed by atoms with Crippen LogP contribution in [-0.4, -0.2) is 12.0 Å². The lowest BCUT2D eigenvalue weighted by Gasteiger charge is -2.08. The zero-order valence-corrected chi connectivity index (χ0v) is 8.73. The van der Waals surface area contributed by atoms with Crippen LogP contribution in [0.5, 0.6) is 0 Å². The van der Waals surface area contributed by atoms with E-state index in [1.807, 2.05) is 0 Å². The molecule has 0 atom stereocenters. The third-order valence-corrected chi connectivity index (χ3v) is 2.02. The quantitative estimate of drug-likeness (QED) is 0.769. The first-order chi connectivity index (χ1) is 6.99. The Morgan fingerprint density at radius 3 is 2.47 bits per heavy atom. The Bertz CT molecular complexity index is 357. The van der Waals surface area contributed by atoms with Crippen LogP contribution in [0.4, 0.5) is 13.2 Å². The fourth-order valence-corrected chi connectivity index (χ4v) is 1.28. The average molecular weight is 234 g/mol. The molecule has 0 radical (unpaired) electrons. The Balaban J connectivity index is 3.00. The molecule has 0 aliphatic rings. The van der Waals surface area contributed by atoms with E-state index in [9.17, 15) is 13.2 Å². The maximum absolute atomic E-state index is 12.2. The Morgan fingerprint density at radius 1 is 1.47 bits per heavy atom. The van der Waals surface area contributed by atoms with Crippen molar-refractivity contribution in [1.82, 2.24) is 10.3 Å². The number of alkyl halides is 3. The number of aromatic nitrogens is 1. The third kappa shape index (κ3) is 2.89. The van der Waals surface area contributed by atoms with Crippen molar-refractivity contribution in [2.24, 2.45) is 0 Å². The highest BCUT2D eigenvalue weighted by Gasteiger charge is 2.32. The van der Waals surface area contributed by atoms with Gasteiger partial charge in [0, 0.05) is 24.5 Å². The Kier molecular flexibility index (Phi) is 3.62. The highest BCUT2D eigenvalue weighted by Crippen LogP contribution is 2.27. The van der Waals surface area contributed by atoms with Crippen LogP contribution in [0.3, 0.4) is 0 Å². The van der Waals surface area contributed by atoms with Crippen LogP contribution in [0.2, 0.25) is 0 Å². The van der Waals surface area contributed by atoms with Gasteiger partial charge in [-0.15, -0.1) is 12.6 Å². The molecule has 1 N–H and O–H groups in total. The van der Waals surface area contributed by atoms with Gasteiger partial charge in [-0.05, 0) is 17.5 Å². The maximum atomic E-state index is 12.2. The first kappa shape index (κ1) is 11.9. The van der Waals surface area contributed by atoms with Crippen molar-refractivity contribution in [3.63, 3.8) is 0 Å². The third-order valence-electron chi connectivity index (χ3n) is 1.76. The molecule has 0 saturated heterocycles. The summed E-state index contributed by atoms with van der Waals surface area (Å²) < 4.78 is 36.5. The summed E-state index contributed by atoms with van der Waals surface area (Å²) in [5.74, 6) is 0. The molecular weight excluding hydrogens is 225 g/mol. The molecule has 1 rings (SSSR count). The molecule has 0 amide bonds. The fourth-order valence-electron chi connectivity index (χ4n) is 1.00. The highest BCUT2D eigenvalue weighted by atomic mass is 32.1. The minimum atomic E-state index is -4.40. The molecule has 1 aromatic heterocycles. The van der Waals surface area contributed by atoms with E-state index < -0.39 is 11.9 Å². The number of pyridine rings is 1. The molecule has 0 aromatic carbocycles. The molecule has 82 valence electrons. The Labute approximate surface area is 90.6 Å². The van der Waals surface area contributed by atoms with Gasteiger partial charge in [-0.25, -0.2) is 0 Å². The molecule has 0 bridgehead atoms. The minimum absolute atomic E-state index is 0.556. The van der Waals surface area contributed by atoms with Crippen molar-refractivity contribution in [3.8, 4) is 0 Å². The second-order valence-electron chi connectivity index (χ2n) is 2.72. The molecule has 6 heteroatoms. The van der Waals surface area contributed by atoms with Crippen molar-refractivity contribution in [3.05, 3.63) is 35.0 Å². The van der Waals surface area contributed by atoms with E-state index in [-0.39, 0.29) is 0 Å². The van der Waals surface area contributed by atoms with Crippen molar-refractivity contribution in [1.29, 1.82) is 0 Å². The zero-order chi connectivity index (χ0) is 11.5. The monoisotopic (exact) mass is 234 g/mol. The van der Waals surface area contributed by atoms with Gasteiger partial charge in [0.15, 0.2) is 0 Å². The summed E-state index contributed by atoms with van der Waals surface area (Å²) in [6, 6.07) is 2.28. The number of hydrogen-bond acceptors (Lipinski definition) is 3. The number of nitrogens with one attached hydrogen (secondary N) is 1. The highest BCUT2D eigenvalue weighted by molar-refractivity contribution is 7.83. The number of thiol groups is 1. The first-order valence-electron chi connectivity index (χ1n) is 4.04. The molecule has 1 heterocycles. The van der Waals surface area contributed by atoms with Gasteiger partial charge >= 0.3 is 6.18 Å². The summed E-state index contributed by atoms with van der Waals surface area (Å²) in [5, 5.41) is 4.25. The predicted octanol–water partition coefficient (Wildman–Crippen LogP) is 2.55. The topological polar surface area (TPSA) is 24.9 Å². The molecule has 0 spiro atoms. The van der Waals surface area contributed by atoms with Crippen LogP contribution >= 0.6 is 12.6 Å². The summed E-state index contributed by atoms with van der Waals surface area (Å²) in [7, 11) is 1.65. The van der Waals surface area contributed by atoms with E-state index in [0.717, 1.165) is 12.3 Å². The van der Waals surface area contributed by atoms with E-state index in [1.54, 1.807) is 7.05 Å². The minimum Gasteiger partial charge on any atom is -0.387 e. The summed E-state index contributed by atoms with van der Waals surface area (Å²) in [6.45, 7) is 0. The van der Waals surface area contributed by atoms with Gasteiger partial charge in [0.2, 0.25) is 0 Å². The molecule has 0 fully saturated rings.